The molecule has 0 saturated heterocycles. The van der Waals surface area contributed by atoms with Crippen LogP contribution in [0, 0.1) is 5.92 Å². The van der Waals surface area contributed by atoms with Crippen LogP contribution in [0.1, 0.15) is 19.4 Å². The third kappa shape index (κ3) is 4.73. The fraction of sp³-hybridized carbons (Fsp3) is 0.174. The first-order valence-electron chi connectivity index (χ1n) is 8.81. The van der Waals surface area contributed by atoms with Crippen LogP contribution in [0.4, 0.5) is 5.69 Å². The molecule has 26 heavy (non-hydrogen) atoms. The zero-order valence-electron chi connectivity index (χ0n) is 15.1. The van der Waals surface area contributed by atoms with Gasteiger partial charge in [-0.15, -0.1) is 0 Å². The van der Waals surface area contributed by atoms with Crippen molar-refractivity contribution in [1.29, 1.82) is 0 Å². The number of rotatable bonds is 6. The lowest BCUT2D eigenvalue weighted by atomic mass is 10.0. The summed E-state index contributed by atoms with van der Waals surface area (Å²) in [6.07, 6.45) is 3.41. The number of hydrogen-bond donors (Lipinski definition) is 1. The lowest BCUT2D eigenvalue weighted by Gasteiger charge is -2.09. The molecule has 0 bridgehead atoms. The van der Waals surface area contributed by atoms with Crippen molar-refractivity contribution in [3.8, 4) is 5.75 Å². The highest BCUT2D eigenvalue weighted by Crippen LogP contribution is 2.20. The number of amides is 1. The van der Waals surface area contributed by atoms with Crippen molar-refractivity contribution in [2.45, 2.75) is 13.8 Å². The molecule has 0 aromatic heterocycles. The van der Waals surface area contributed by atoms with E-state index in [1.165, 1.54) is 0 Å². The van der Waals surface area contributed by atoms with Gasteiger partial charge in [-0.1, -0.05) is 56.3 Å². The molecule has 0 heterocycles. The summed E-state index contributed by atoms with van der Waals surface area (Å²) in [5.74, 6) is 1.13. The Morgan fingerprint density at radius 1 is 1.00 bits per heavy atom. The Kier molecular flexibility index (Phi) is 5.69. The first-order valence-corrected chi connectivity index (χ1v) is 8.81. The van der Waals surface area contributed by atoms with E-state index in [1.807, 2.05) is 54.6 Å². The van der Waals surface area contributed by atoms with E-state index in [-0.39, 0.29) is 5.91 Å². The van der Waals surface area contributed by atoms with Crippen molar-refractivity contribution in [2.75, 3.05) is 11.9 Å². The highest BCUT2D eigenvalue weighted by molar-refractivity contribution is 6.03. The summed E-state index contributed by atoms with van der Waals surface area (Å²) in [5.41, 5.74) is 1.77. The van der Waals surface area contributed by atoms with Gasteiger partial charge in [-0.05, 0) is 52.6 Å². The molecule has 3 rings (SSSR count). The van der Waals surface area contributed by atoms with Gasteiger partial charge < -0.3 is 10.1 Å². The number of carbonyl (C=O) groups is 1. The molecule has 3 aromatic rings. The number of fused-ring (bicyclic) bond motifs is 1. The van der Waals surface area contributed by atoms with Gasteiger partial charge in [0, 0.05) is 11.8 Å². The Hall–Kier alpha value is -3.07. The Morgan fingerprint density at radius 3 is 2.50 bits per heavy atom. The summed E-state index contributed by atoms with van der Waals surface area (Å²) < 4.78 is 5.65. The van der Waals surface area contributed by atoms with Crippen molar-refractivity contribution < 1.29 is 9.53 Å². The fourth-order valence-corrected chi connectivity index (χ4v) is 2.64. The quantitative estimate of drug-likeness (QED) is 0.597. The van der Waals surface area contributed by atoms with Crippen LogP contribution >= 0.6 is 0 Å². The van der Waals surface area contributed by atoms with Gasteiger partial charge in [-0.3, -0.25) is 4.79 Å². The largest absolute Gasteiger partial charge is 0.493 e. The molecule has 3 aromatic carbocycles. The molecule has 1 N–H and O–H groups in total. The van der Waals surface area contributed by atoms with Crippen LogP contribution in [0.5, 0.6) is 5.75 Å². The summed E-state index contributed by atoms with van der Waals surface area (Å²) in [4.78, 5) is 12.2. The number of ether oxygens (including phenoxy) is 1. The molecule has 0 unspecified atom stereocenters. The maximum atomic E-state index is 12.2. The minimum atomic E-state index is -0.159. The number of carbonyl (C=O) groups excluding carboxylic acids is 1. The zero-order chi connectivity index (χ0) is 18.4. The number of benzene rings is 3. The Bertz CT molecular complexity index is 906. The van der Waals surface area contributed by atoms with E-state index in [1.54, 1.807) is 6.08 Å². The Balaban J connectivity index is 1.64. The van der Waals surface area contributed by atoms with Gasteiger partial charge in [-0.25, -0.2) is 0 Å². The summed E-state index contributed by atoms with van der Waals surface area (Å²) in [7, 11) is 0. The molecule has 0 aliphatic rings. The van der Waals surface area contributed by atoms with Gasteiger partial charge in [0.2, 0.25) is 5.91 Å². The molecule has 132 valence electrons. The maximum absolute atomic E-state index is 12.2. The molecule has 0 aliphatic heterocycles. The average molecular weight is 345 g/mol. The van der Waals surface area contributed by atoms with Crippen LogP contribution < -0.4 is 10.1 Å². The van der Waals surface area contributed by atoms with E-state index in [0.29, 0.717) is 12.5 Å². The predicted molar refractivity (Wildman–Crippen MR) is 108 cm³/mol. The normalized spacial score (nSPS) is 11.2. The maximum Gasteiger partial charge on any atom is 0.248 e. The van der Waals surface area contributed by atoms with Crippen molar-refractivity contribution in [3.63, 3.8) is 0 Å². The monoisotopic (exact) mass is 345 g/mol. The van der Waals surface area contributed by atoms with E-state index in [4.69, 9.17) is 4.74 Å². The lowest BCUT2D eigenvalue weighted by Crippen LogP contribution is -2.08. The molecule has 0 spiro atoms. The predicted octanol–water partition coefficient (Wildman–Crippen LogP) is 5.53. The molecular formula is C23H23NO2. The van der Waals surface area contributed by atoms with E-state index < -0.39 is 0 Å². The molecular weight excluding hydrogens is 322 g/mol. The van der Waals surface area contributed by atoms with E-state index in [0.717, 1.165) is 27.8 Å². The van der Waals surface area contributed by atoms with Gasteiger partial charge in [-0.2, -0.15) is 0 Å². The van der Waals surface area contributed by atoms with Gasteiger partial charge >= 0.3 is 0 Å². The first-order chi connectivity index (χ1) is 12.6. The highest BCUT2D eigenvalue weighted by atomic mass is 16.5. The Morgan fingerprint density at radius 2 is 1.73 bits per heavy atom. The molecule has 0 fully saturated rings. The van der Waals surface area contributed by atoms with Crippen LogP contribution in [0.3, 0.4) is 0 Å². The van der Waals surface area contributed by atoms with Crippen molar-refractivity contribution in [1.82, 2.24) is 0 Å². The topological polar surface area (TPSA) is 38.3 Å². The first kappa shape index (κ1) is 17.7. The smallest absolute Gasteiger partial charge is 0.248 e. The second-order valence-electron chi connectivity index (χ2n) is 6.62. The summed E-state index contributed by atoms with van der Waals surface area (Å²) in [6.45, 7) is 4.90. The SMILES string of the molecule is CC(C)COc1ccc(NC(=O)C=Cc2cccc3ccccc23)cc1. The minimum Gasteiger partial charge on any atom is -0.493 e. The summed E-state index contributed by atoms with van der Waals surface area (Å²) in [6, 6.07) is 21.6. The van der Waals surface area contributed by atoms with Crippen molar-refractivity contribution in [3.05, 3.63) is 78.4 Å². The van der Waals surface area contributed by atoms with Crippen molar-refractivity contribution in [2.24, 2.45) is 5.92 Å². The standard InChI is InChI=1S/C23H23NO2/c1-17(2)16-26-21-13-11-20(12-14-21)24-23(25)15-10-19-8-5-7-18-6-3-4-9-22(18)19/h3-15,17H,16H2,1-2H3,(H,24,25). The third-order valence-electron chi connectivity index (χ3n) is 3.94. The van der Waals surface area contributed by atoms with E-state index in [9.17, 15) is 4.79 Å². The molecule has 3 nitrogen and oxygen atoms in total. The minimum absolute atomic E-state index is 0.159. The van der Waals surface area contributed by atoms with Crippen LogP contribution in [-0.2, 0) is 4.79 Å². The molecule has 0 saturated carbocycles. The second kappa shape index (κ2) is 8.34. The number of hydrogen-bond acceptors (Lipinski definition) is 2. The summed E-state index contributed by atoms with van der Waals surface area (Å²) in [5, 5.41) is 5.16. The molecule has 1 amide bonds. The fourth-order valence-electron chi connectivity index (χ4n) is 2.64. The summed E-state index contributed by atoms with van der Waals surface area (Å²) >= 11 is 0. The third-order valence-corrected chi connectivity index (χ3v) is 3.94. The Labute approximate surface area is 154 Å². The van der Waals surface area contributed by atoms with Crippen LogP contribution in [0.15, 0.2) is 72.8 Å². The molecule has 0 atom stereocenters. The van der Waals surface area contributed by atoms with Gasteiger partial charge in [0.15, 0.2) is 0 Å². The number of anilines is 1. The number of nitrogens with one attached hydrogen (secondary N) is 1. The highest BCUT2D eigenvalue weighted by Gasteiger charge is 2.01. The molecule has 0 aliphatic carbocycles. The van der Waals surface area contributed by atoms with Crippen LogP contribution in [-0.4, -0.2) is 12.5 Å². The lowest BCUT2D eigenvalue weighted by molar-refractivity contribution is -0.111. The molecule has 0 radical (unpaired) electrons. The molecule has 3 heteroatoms. The zero-order valence-corrected chi connectivity index (χ0v) is 15.1. The average Bonchev–Trinajstić information content (AvgIpc) is 2.65. The van der Waals surface area contributed by atoms with E-state index in [2.05, 4.69) is 37.4 Å². The van der Waals surface area contributed by atoms with Crippen LogP contribution in [0.25, 0.3) is 16.8 Å². The van der Waals surface area contributed by atoms with E-state index >= 15 is 0 Å². The van der Waals surface area contributed by atoms with Gasteiger partial charge in [0.05, 0.1) is 6.61 Å². The second-order valence-corrected chi connectivity index (χ2v) is 6.62. The van der Waals surface area contributed by atoms with Crippen molar-refractivity contribution >= 4 is 28.4 Å². The van der Waals surface area contributed by atoms with Crippen LogP contribution in [0.2, 0.25) is 0 Å². The van der Waals surface area contributed by atoms with Gasteiger partial charge in [0.25, 0.3) is 0 Å². The van der Waals surface area contributed by atoms with Gasteiger partial charge in [0.1, 0.15) is 5.75 Å².